The van der Waals surface area contributed by atoms with Gasteiger partial charge in [0.1, 0.15) is 0 Å². The maximum atomic E-state index is 11.8. The molecule has 1 unspecified atom stereocenters. The van der Waals surface area contributed by atoms with Crippen molar-refractivity contribution in [3.05, 3.63) is 34.4 Å². The number of carbonyl (C=O) groups is 2. The van der Waals surface area contributed by atoms with E-state index in [-0.39, 0.29) is 17.0 Å². The van der Waals surface area contributed by atoms with E-state index in [1.807, 2.05) is 0 Å². The van der Waals surface area contributed by atoms with Crippen LogP contribution >= 0.6 is 0 Å². The Bertz CT molecular complexity index is 590. The molecule has 2 N–H and O–H groups in total. The first-order chi connectivity index (χ1) is 11.8. The Hall–Kier alpha value is -1.84. The second kappa shape index (κ2) is 10.2. The Morgan fingerprint density at radius 3 is 2.12 bits per heavy atom. The summed E-state index contributed by atoms with van der Waals surface area (Å²) in [5.41, 5.74) is 1.57. The molecule has 0 fully saturated rings. The molecule has 1 aromatic rings. The van der Waals surface area contributed by atoms with E-state index in [0.29, 0.717) is 17.9 Å². The van der Waals surface area contributed by atoms with Crippen LogP contribution in [0, 0.1) is 5.92 Å². The summed E-state index contributed by atoms with van der Waals surface area (Å²) in [6.45, 7) is 8.56. The van der Waals surface area contributed by atoms with E-state index in [2.05, 4.69) is 27.7 Å². The van der Waals surface area contributed by atoms with Gasteiger partial charge < -0.3 is 10.2 Å². The fourth-order valence-electron chi connectivity index (χ4n) is 3.25. The van der Waals surface area contributed by atoms with Crippen LogP contribution in [0.3, 0.4) is 0 Å². The van der Waals surface area contributed by atoms with Crippen molar-refractivity contribution in [2.24, 2.45) is 5.92 Å². The molecule has 0 spiro atoms. The molecule has 0 aromatic heterocycles. The average Bonchev–Trinajstić information content (AvgIpc) is 2.55. The van der Waals surface area contributed by atoms with Gasteiger partial charge >= 0.3 is 11.9 Å². The molecular formula is C21H32O4. The Morgan fingerprint density at radius 2 is 1.60 bits per heavy atom. The van der Waals surface area contributed by atoms with Gasteiger partial charge in [-0.05, 0) is 48.3 Å². The van der Waals surface area contributed by atoms with E-state index >= 15 is 0 Å². The number of benzene rings is 1. The van der Waals surface area contributed by atoms with Crippen LogP contribution in [0.25, 0.3) is 0 Å². The van der Waals surface area contributed by atoms with E-state index < -0.39 is 11.9 Å². The lowest BCUT2D eigenvalue weighted by Gasteiger charge is -2.19. The predicted octanol–water partition coefficient (Wildman–Crippen LogP) is 5.75. The first-order valence-corrected chi connectivity index (χ1v) is 9.41. The van der Waals surface area contributed by atoms with Gasteiger partial charge in [0.25, 0.3) is 0 Å². The van der Waals surface area contributed by atoms with Gasteiger partial charge in [-0.1, -0.05) is 59.4 Å². The minimum absolute atomic E-state index is 0.0209. The number of hydrogen-bond acceptors (Lipinski definition) is 2. The SMILES string of the molecule is CCC(C)c1ccc(C(=O)O)c(C(=O)O)c1CCCCCCC(C)C. The highest BCUT2D eigenvalue weighted by Crippen LogP contribution is 2.29. The molecule has 0 aliphatic carbocycles. The zero-order chi connectivity index (χ0) is 19.0. The molecule has 0 saturated carbocycles. The van der Waals surface area contributed by atoms with Gasteiger partial charge in [0.2, 0.25) is 0 Å². The van der Waals surface area contributed by atoms with Crippen molar-refractivity contribution in [3.63, 3.8) is 0 Å². The number of unbranched alkanes of at least 4 members (excludes halogenated alkanes) is 3. The molecule has 1 atom stereocenters. The third-order valence-corrected chi connectivity index (χ3v) is 4.89. The van der Waals surface area contributed by atoms with Crippen LogP contribution in [0.1, 0.15) is 104 Å². The molecule has 0 radical (unpaired) electrons. The van der Waals surface area contributed by atoms with E-state index in [0.717, 1.165) is 31.2 Å². The molecule has 0 aliphatic heterocycles. The third-order valence-electron chi connectivity index (χ3n) is 4.89. The highest BCUT2D eigenvalue weighted by molar-refractivity contribution is 6.03. The molecule has 0 saturated heterocycles. The van der Waals surface area contributed by atoms with Crippen LogP contribution in [-0.2, 0) is 6.42 Å². The number of rotatable bonds is 11. The molecule has 0 heterocycles. The second-order valence-corrected chi connectivity index (χ2v) is 7.32. The number of hydrogen-bond donors (Lipinski definition) is 2. The normalized spacial score (nSPS) is 12.4. The topological polar surface area (TPSA) is 74.6 Å². The zero-order valence-corrected chi connectivity index (χ0v) is 16.0. The van der Waals surface area contributed by atoms with Gasteiger partial charge in [-0.15, -0.1) is 0 Å². The molecule has 140 valence electrons. The van der Waals surface area contributed by atoms with Crippen LogP contribution in [-0.4, -0.2) is 22.2 Å². The van der Waals surface area contributed by atoms with Crippen molar-refractivity contribution in [1.82, 2.24) is 0 Å². The third kappa shape index (κ3) is 6.18. The summed E-state index contributed by atoms with van der Waals surface area (Å²) in [6.07, 6.45) is 7.01. The van der Waals surface area contributed by atoms with Crippen LogP contribution in [0.2, 0.25) is 0 Å². The molecule has 0 aliphatic rings. The molecule has 0 amide bonds. The predicted molar refractivity (Wildman–Crippen MR) is 101 cm³/mol. The molecule has 1 aromatic carbocycles. The fraction of sp³-hybridized carbons (Fsp3) is 0.619. The second-order valence-electron chi connectivity index (χ2n) is 7.32. The lowest BCUT2D eigenvalue weighted by atomic mass is 9.85. The van der Waals surface area contributed by atoms with E-state index in [9.17, 15) is 19.8 Å². The standard InChI is InChI=1S/C21H32O4/c1-5-15(4)16-12-13-18(20(22)23)19(21(24)25)17(16)11-9-7-6-8-10-14(2)3/h12-15H,5-11H2,1-4H3,(H,22,23)(H,24,25). The first kappa shape index (κ1) is 21.2. The summed E-state index contributed by atoms with van der Waals surface area (Å²) in [6, 6.07) is 3.25. The summed E-state index contributed by atoms with van der Waals surface area (Å²) in [5.74, 6) is -1.39. The van der Waals surface area contributed by atoms with Gasteiger partial charge in [0.15, 0.2) is 0 Å². The van der Waals surface area contributed by atoms with Crippen molar-refractivity contribution < 1.29 is 19.8 Å². The van der Waals surface area contributed by atoms with E-state index in [4.69, 9.17) is 0 Å². The highest BCUT2D eigenvalue weighted by Gasteiger charge is 2.24. The van der Waals surface area contributed by atoms with Crippen molar-refractivity contribution in [3.8, 4) is 0 Å². The van der Waals surface area contributed by atoms with Gasteiger partial charge in [-0.25, -0.2) is 9.59 Å². The van der Waals surface area contributed by atoms with Gasteiger partial charge in [-0.2, -0.15) is 0 Å². The monoisotopic (exact) mass is 348 g/mol. The van der Waals surface area contributed by atoms with E-state index in [1.165, 1.54) is 18.9 Å². The minimum Gasteiger partial charge on any atom is -0.478 e. The maximum Gasteiger partial charge on any atom is 0.336 e. The van der Waals surface area contributed by atoms with Crippen LogP contribution in [0.15, 0.2) is 12.1 Å². The first-order valence-electron chi connectivity index (χ1n) is 9.41. The van der Waals surface area contributed by atoms with Gasteiger partial charge in [0.05, 0.1) is 11.1 Å². The largest absolute Gasteiger partial charge is 0.478 e. The summed E-state index contributed by atoms with van der Waals surface area (Å²) >= 11 is 0. The molecular weight excluding hydrogens is 316 g/mol. The van der Waals surface area contributed by atoms with Crippen molar-refractivity contribution in [2.45, 2.75) is 78.6 Å². The van der Waals surface area contributed by atoms with Crippen molar-refractivity contribution in [2.75, 3.05) is 0 Å². The van der Waals surface area contributed by atoms with Crippen LogP contribution in [0.4, 0.5) is 0 Å². The highest BCUT2D eigenvalue weighted by atomic mass is 16.4. The Labute approximate surface area is 151 Å². The number of carboxylic acids is 2. The van der Waals surface area contributed by atoms with Crippen molar-refractivity contribution >= 4 is 11.9 Å². The lowest BCUT2D eigenvalue weighted by Crippen LogP contribution is -2.15. The lowest BCUT2D eigenvalue weighted by molar-refractivity contribution is 0.0650. The minimum atomic E-state index is -1.17. The van der Waals surface area contributed by atoms with Crippen molar-refractivity contribution in [1.29, 1.82) is 0 Å². The smallest absolute Gasteiger partial charge is 0.336 e. The average molecular weight is 348 g/mol. The molecule has 4 nitrogen and oxygen atoms in total. The molecule has 0 bridgehead atoms. The molecule has 1 rings (SSSR count). The number of carboxylic acid groups (broad SMARTS) is 2. The summed E-state index contributed by atoms with van der Waals surface area (Å²) < 4.78 is 0. The summed E-state index contributed by atoms with van der Waals surface area (Å²) in [4.78, 5) is 23.2. The quantitative estimate of drug-likeness (QED) is 0.500. The Morgan fingerprint density at radius 1 is 0.960 bits per heavy atom. The number of aromatic carboxylic acids is 2. The van der Waals surface area contributed by atoms with Crippen LogP contribution < -0.4 is 0 Å². The van der Waals surface area contributed by atoms with E-state index in [1.54, 1.807) is 6.07 Å². The Kier molecular flexibility index (Phi) is 8.67. The zero-order valence-electron chi connectivity index (χ0n) is 16.0. The maximum absolute atomic E-state index is 11.8. The van der Waals surface area contributed by atoms with Crippen LogP contribution in [0.5, 0.6) is 0 Å². The summed E-state index contributed by atoms with van der Waals surface area (Å²) in [5, 5.41) is 19.0. The Balaban J connectivity index is 3.01. The van der Waals surface area contributed by atoms with Gasteiger partial charge in [0, 0.05) is 0 Å². The molecule has 25 heavy (non-hydrogen) atoms. The summed E-state index contributed by atoms with van der Waals surface area (Å²) in [7, 11) is 0. The van der Waals surface area contributed by atoms with Gasteiger partial charge in [-0.3, -0.25) is 0 Å². The fourth-order valence-corrected chi connectivity index (χ4v) is 3.25. The molecule has 4 heteroatoms.